The van der Waals surface area contributed by atoms with Gasteiger partial charge in [-0.15, -0.1) is 12.4 Å². The molecule has 10 heteroatoms. The van der Waals surface area contributed by atoms with Gasteiger partial charge in [0, 0.05) is 24.7 Å². The van der Waals surface area contributed by atoms with E-state index < -0.39 is 29.8 Å². The fourth-order valence-corrected chi connectivity index (χ4v) is 2.71. The summed E-state index contributed by atoms with van der Waals surface area (Å²) >= 11 is 0. The van der Waals surface area contributed by atoms with Crippen LogP contribution in [0.25, 0.3) is 0 Å². The number of nitrogens with zero attached hydrogens (tertiary/aromatic N) is 2. The molecule has 146 valence electrons. The van der Waals surface area contributed by atoms with E-state index in [2.05, 4.69) is 12.2 Å². The number of carbonyl (C=O) groups excluding carboxylic acids is 1. The van der Waals surface area contributed by atoms with Crippen LogP contribution in [0, 0.1) is 16.0 Å². The maximum absolute atomic E-state index is 13.1. The Kier molecular flexibility index (Phi) is 7.70. The molecule has 1 amide bonds. The second kappa shape index (κ2) is 9.09. The van der Waals surface area contributed by atoms with Crippen LogP contribution in [0.1, 0.15) is 30.1 Å². The van der Waals surface area contributed by atoms with Gasteiger partial charge in [-0.25, -0.2) is 8.78 Å². The van der Waals surface area contributed by atoms with E-state index in [1.54, 1.807) is 0 Å². The van der Waals surface area contributed by atoms with E-state index in [-0.39, 0.29) is 23.7 Å². The summed E-state index contributed by atoms with van der Waals surface area (Å²) in [5.74, 6) is -3.44. The molecule has 0 unspecified atom stereocenters. The van der Waals surface area contributed by atoms with Crippen LogP contribution >= 0.6 is 12.4 Å². The number of nitro benzene ring substituents is 1. The average molecular weight is 393 g/mol. The lowest BCUT2D eigenvalue weighted by Gasteiger charge is -2.31. The number of hydrogen-bond donors (Lipinski definition) is 2. The van der Waals surface area contributed by atoms with Gasteiger partial charge in [0.05, 0.1) is 18.0 Å². The predicted octanol–water partition coefficient (Wildman–Crippen LogP) is 2.58. The Labute approximate surface area is 156 Å². The smallest absolute Gasteiger partial charge is 0.293 e. The summed E-state index contributed by atoms with van der Waals surface area (Å²) in [5.41, 5.74) is 5.12. The maximum atomic E-state index is 13.1. The number of amides is 1. The molecule has 1 saturated heterocycles. The van der Waals surface area contributed by atoms with Gasteiger partial charge in [0.15, 0.2) is 0 Å². The number of halogens is 3. The van der Waals surface area contributed by atoms with Gasteiger partial charge < -0.3 is 16.0 Å². The summed E-state index contributed by atoms with van der Waals surface area (Å²) in [5, 5.41) is 13.4. The van der Waals surface area contributed by atoms with Crippen molar-refractivity contribution in [2.75, 3.05) is 31.1 Å². The lowest BCUT2D eigenvalue weighted by molar-refractivity contribution is -0.384. The molecule has 1 fully saturated rings. The van der Waals surface area contributed by atoms with E-state index in [9.17, 15) is 23.7 Å². The number of nitrogens with one attached hydrogen (secondary N) is 1. The first-order chi connectivity index (χ1) is 11.7. The third kappa shape index (κ3) is 5.50. The van der Waals surface area contributed by atoms with Crippen molar-refractivity contribution in [3.05, 3.63) is 33.9 Å². The molecular formula is C16H23ClF2N4O3. The minimum atomic E-state index is -3.22. The highest BCUT2D eigenvalue weighted by molar-refractivity contribution is 5.95. The van der Waals surface area contributed by atoms with Crippen LogP contribution < -0.4 is 16.0 Å². The minimum Gasteiger partial charge on any atom is -0.366 e. The first-order valence-corrected chi connectivity index (χ1v) is 8.13. The summed E-state index contributed by atoms with van der Waals surface area (Å²) in [7, 11) is 0. The maximum Gasteiger partial charge on any atom is 0.293 e. The molecule has 0 atom stereocenters. The highest BCUT2D eigenvalue weighted by Gasteiger charge is 2.28. The fraction of sp³-hybridized carbons (Fsp3) is 0.562. The Morgan fingerprint density at radius 3 is 2.58 bits per heavy atom. The van der Waals surface area contributed by atoms with E-state index >= 15 is 0 Å². The second-order valence-corrected chi connectivity index (χ2v) is 6.37. The first-order valence-electron chi connectivity index (χ1n) is 8.13. The zero-order valence-corrected chi connectivity index (χ0v) is 15.2. The van der Waals surface area contributed by atoms with Crippen molar-refractivity contribution in [2.45, 2.75) is 25.7 Å². The van der Waals surface area contributed by atoms with E-state index in [0.29, 0.717) is 24.7 Å². The summed E-state index contributed by atoms with van der Waals surface area (Å²) in [6, 6.07) is 4.05. The third-order valence-corrected chi connectivity index (χ3v) is 4.36. The van der Waals surface area contributed by atoms with Crippen LogP contribution in [-0.4, -0.2) is 42.9 Å². The lowest BCUT2D eigenvalue weighted by atomic mass is 9.98. The predicted molar refractivity (Wildman–Crippen MR) is 97.3 cm³/mol. The third-order valence-electron chi connectivity index (χ3n) is 4.36. The minimum absolute atomic E-state index is 0. The molecule has 0 saturated carbocycles. The van der Waals surface area contributed by atoms with Crippen LogP contribution in [0.4, 0.5) is 20.2 Å². The molecule has 26 heavy (non-hydrogen) atoms. The van der Waals surface area contributed by atoms with Gasteiger partial charge in [0.25, 0.3) is 17.5 Å². The number of alkyl halides is 2. The Morgan fingerprint density at radius 2 is 2.04 bits per heavy atom. The molecule has 2 rings (SSSR count). The zero-order chi connectivity index (χ0) is 18.6. The summed E-state index contributed by atoms with van der Waals surface area (Å²) in [6.07, 6.45) is 1.88. The van der Waals surface area contributed by atoms with Gasteiger partial charge in [-0.05, 0) is 30.9 Å². The van der Waals surface area contributed by atoms with E-state index in [1.165, 1.54) is 12.1 Å². The molecule has 0 spiro atoms. The number of benzene rings is 1. The number of rotatable bonds is 6. The molecule has 3 N–H and O–H groups in total. The number of carbonyl (C=O) groups is 1. The Bertz CT molecular complexity index is 652. The number of nitrogens with two attached hydrogens (primary N) is 1. The lowest BCUT2D eigenvalue weighted by Crippen LogP contribution is -2.41. The van der Waals surface area contributed by atoms with Gasteiger partial charge in [0.2, 0.25) is 0 Å². The highest BCUT2D eigenvalue weighted by atomic mass is 35.5. The van der Waals surface area contributed by atoms with Crippen LogP contribution in [0.3, 0.4) is 0 Å². The molecule has 1 aliphatic heterocycles. The monoisotopic (exact) mass is 392 g/mol. The van der Waals surface area contributed by atoms with Crippen molar-refractivity contribution in [1.29, 1.82) is 0 Å². The quantitative estimate of drug-likeness (QED) is 0.572. The summed E-state index contributed by atoms with van der Waals surface area (Å²) < 4.78 is 26.2. The molecule has 0 aliphatic carbocycles. The first kappa shape index (κ1) is 22.0. The summed E-state index contributed by atoms with van der Waals surface area (Å²) in [6.45, 7) is 1.74. The van der Waals surface area contributed by atoms with Gasteiger partial charge in [-0.3, -0.25) is 14.9 Å². The Morgan fingerprint density at radius 1 is 1.42 bits per heavy atom. The van der Waals surface area contributed by atoms with Crippen LogP contribution in [0.2, 0.25) is 0 Å². The van der Waals surface area contributed by atoms with Crippen molar-refractivity contribution in [3.8, 4) is 0 Å². The van der Waals surface area contributed by atoms with Crippen molar-refractivity contribution >= 4 is 29.7 Å². The normalized spacial score (nSPS) is 15.3. The molecule has 1 aliphatic rings. The topological polar surface area (TPSA) is 102 Å². The molecule has 1 heterocycles. The Hall–Kier alpha value is -2.00. The van der Waals surface area contributed by atoms with Crippen molar-refractivity contribution in [1.82, 2.24) is 5.32 Å². The van der Waals surface area contributed by atoms with Gasteiger partial charge >= 0.3 is 0 Å². The van der Waals surface area contributed by atoms with Crippen molar-refractivity contribution in [3.63, 3.8) is 0 Å². The van der Waals surface area contributed by atoms with Gasteiger partial charge in [-0.1, -0.05) is 6.92 Å². The zero-order valence-electron chi connectivity index (χ0n) is 14.4. The summed E-state index contributed by atoms with van der Waals surface area (Å²) in [4.78, 5) is 24.7. The molecule has 0 aromatic heterocycles. The average Bonchev–Trinajstić information content (AvgIpc) is 2.60. The van der Waals surface area contributed by atoms with Crippen molar-refractivity contribution < 1.29 is 18.5 Å². The molecule has 7 nitrogen and oxygen atoms in total. The van der Waals surface area contributed by atoms with Gasteiger partial charge in [0.1, 0.15) is 5.69 Å². The molecule has 1 aromatic rings. The molecule has 0 bridgehead atoms. The van der Waals surface area contributed by atoms with E-state index in [1.807, 2.05) is 4.90 Å². The number of hydrogen-bond acceptors (Lipinski definition) is 5. The SMILES string of the molecule is CC1CCN(c2ccc(C(=O)NCC(F)(F)CN)cc2[N+](=O)[O-])CC1.Cl. The van der Waals surface area contributed by atoms with E-state index in [0.717, 1.165) is 18.9 Å². The van der Waals surface area contributed by atoms with Crippen LogP contribution in [0.15, 0.2) is 18.2 Å². The second-order valence-electron chi connectivity index (χ2n) is 6.37. The highest BCUT2D eigenvalue weighted by Crippen LogP contribution is 2.32. The van der Waals surface area contributed by atoms with E-state index in [4.69, 9.17) is 5.73 Å². The standard InChI is InChI=1S/C16H22F2N4O3.ClH/c1-11-4-6-21(7-5-11)13-3-2-12(8-14(13)22(24)25)15(23)20-10-16(17,18)9-19;/h2-3,8,11H,4-7,9-10,19H2,1H3,(H,20,23);1H. The molecule has 1 aromatic carbocycles. The number of nitro groups is 1. The van der Waals surface area contributed by atoms with Crippen LogP contribution in [0.5, 0.6) is 0 Å². The van der Waals surface area contributed by atoms with Crippen molar-refractivity contribution in [2.24, 2.45) is 11.7 Å². The van der Waals surface area contributed by atoms with Gasteiger partial charge in [-0.2, -0.15) is 0 Å². The number of piperidine rings is 1. The largest absolute Gasteiger partial charge is 0.366 e. The van der Waals surface area contributed by atoms with Crippen LogP contribution in [-0.2, 0) is 0 Å². The molecular weight excluding hydrogens is 370 g/mol. The fourth-order valence-electron chi connectivity index (χ4n) is 2.71. The number of anilines is 1. The Balaban J connectivity index is 0.00000338. The molecule has 0 radical (unpaired) electrons.